The Morgan fingerprint density at radius 3 is 2.48 bits per heavy atom. The molecule has 0 unspecified atom stereocenters. The molecule has 0 aliphatic heterocycles. The first-order valence-electron chi connectivity index (χ1n) is 5.92. The van der Waals surface area contributed by atoms with Gasteiger partial charge in [-0.1, -0.05) is 18.2 Å². The molecule has 2 N–H and O–H groups in total. The van der Waals surface area contributed by atoms with E-state index in [0.717, 1.165) is 0 Å². The summed E-state index contributed by atoms with van der Waals surface area (Å²) in [4.78, 5) is 11.2. The first-order valence-corrected chi connectivity index (χ1v) is 8.20. The predicted molar refractivity (Wildman–Crippen MR) is 83.1 cm³/mol. The predicted octanol–water partition coefficient (Wildman–Crippen LogP) is 3.26. The zero-order valence-corrected chi connectivity index (χ0v) is 13.4. The summed E-state index contributed by atoms with van der Waals surface area (Å²) >= 11 is 3.11. The number of halogens is 1. The number of anilines is 1. The number of hydrogen-bond acceptors (Lipinski definition) is 3. The van der Waals surface area contributed by atoms with Crippen molar-refractivity contribution in [2.45, 2.75) is 11.8 Å². The maximum Gasteiger partial charge on any atom is 0.336 e. The van der Waals surface area contributed by atoms with Crippen molar-refractivity contribution < 1.29 is 18.3 Å². The van der Waals surface area contributed by atoms with Gasteiger partial charge in [-0.2, -0.15) is 0 Å². The van der Waals surface area contributed by atoms with Crippen molar-refractivity contribution in [3.8, 4) is 0 Å². The van der Waals surface area contributed by atoms with Crippen LogP contribution in [-0.4, -0.2) is 19.5 Å². The summed E-state index contributed by atoms with van der Waals surface area (Å²) in [5.74, 6) is -1.14. The number of sulfonamides is 1. The van der Waals surface area contributed by atoms with Crippen molar-refractivity contribution in [2.75, 3.05) is 4.72 Å². The summed E-state index contributed by atoms with van der Waals surface area (Å²) in [5, 5.41) is 9.04. The van der Waals surface area contributed by atoms with Gasteiger partial charge < -0.3 is 5.11 Å². The van der Waals surface area contributed by atoms with E-state index in [2.05, 4.69) is 20.7 Å². The Hall–Kier alpha value is -1.86. The molecular formula is C14H12BrNO4S. The molecular weight excluding hydrogens is 358 g/mol. The first kappa shape index (κ1) is 15.5. The fourth-order valence-electron chi connectivity index (χ4n) is 1.82. The van der Waals surface area contributed by atoms with E-state index in [-0.39, 0.29) is 16.1 Å². The van der Waals surface area contributed by atoms with Gasteiger partial charge in [0.2, 0.25) is 0 Å². The van der Waals surface area contributed by atoms with Crippen molar-refractivity contribution >= 4 is 37.6 Å². The van der Waals surface area contributed by atoms with E-state index in [0.29, 0.717) is 10.0 Å². The van der Waals surface area contributed by atoms with Gasteiger partial charge in [0.1, 0.15) is 0 Å². The van der Waals surface area contributed by atoms with Gasteiger partial charge in [-0.25, -0.2) is 13.2 Å². The summed E-state index contributed by atoms with van der Waals surface area (Å²) in [6.07, 6.45) is 0. The lowest BCUT2D eigenvalue weighted by Crippen LogP contribution is -2.14. The average molecular weight is 370 g/mol. The molecule has 7 heteroatoms. The maximum absolute atomic E-state index is 12.3. The minimum Gasteiger partial charge on any atom is -0.478 e. The van der Waals surface area contributed by atoms with E-state index in [9.17, 15) is 13.2 Å². The van der Waals surface area contributed by atoms with Gasteiger partial charge in [0.15, 0.2) is 0 Å². The van der Waals surface area contributed by atoms with Crippen LogP contribution in [0, 0.1) is 6.92 Å². The standard InChI is InChI=1S/C14H12BrNO4S/c1-9-4-2-3-5-13(9)21(19,20)16-10-6-7-12(15)11(8-10)14(17)18/h2-8,16H,1H3,(H,17,18). The molecule has 110 valence electrons. The van der Waals surface area contributed by atoms with Crippen LogP contribution < -0.4 is 4.72 Å². The van der Waals surface area contributed by atoms with Crippen molar-refractivity contribution in [3.05, 3.63) is 58.1 Å². The van der Waals surface area contributed by atoms with Crippen LogP contribution in [-0.2, 0) is 10.0 Å². The number of carbonyl (C=O) groups is 1. The normalized spacial score (nSPS) is 11.1. The van der Waals surface area contributed by atoms with E-state index >= 15 is 0 Å². The van der Waals surface area contributed by atoms with Crippen molar-refractivity contribution in [1.29, 1.82) is 0 Å². The van der Waals surface area contributed by atoms with Gasteiger partial charge in [-0.05, 0) is 52.7 Å². The number of rotatable bonds is 4. The minimum atomic E-state index is -3.76. The zero-order valence-electron chi connectivity index (χ0n) is 11.0. The van der Waals surface area contributed by atoms with Crippen LogP contribution in [0.25, 0.3) is 0 Å². The van der Waals surface area contributed by atoms with Crippen LogP contribution in [0.5, 0.6) is 0 Å². The average Bonchev–Trinajstić information content (AvgIpc) is 2.40. The minimum absolute atomic E-state index is 0.0139. The molecule has 21 heavy (non-hydrogen) atoms. The summed E-state index contributed by atoms with van der Waals surface area (Å²) in [5.41, 5.74) is 0.791. The maximum atomic E-state index is 12.3. The smallest absolute Gasteiger partial charge is 0.336 e. The Balaban J connectivity index is 2.40. The third-order valence-electron chi connectivity index (χ3n) is 2.83. The number of aryl methyl sites for hydroxylation is 1. The Kier molecular flexibility index (Phi) is 4.34. The van der Waals surface area contributed by atoms with Crippen LogP contribution in [0.15, 0.2) is 51.8 Å². The molecule has 0 aromatic heterocycles. The van der Waals surface area contributed by atoms with Gasteiger partial charge in [-0.15, -0.1) is 0 Å². The van der Waals surface area contributed by atoms with Crippen LogP contribution in [0.2, 0.25) is 0 Å². The highest BCUT2D eigenvalue weighted by atomic mass is 79.9. The third kappa shape index (κ3) is 3.43. The lowest BCUT2D eigenvalue weighted by Gasteiger charge is -2.11. The molecule has 0 saturated heterocycles. The first-order chi connectivity index (χ1) is 9.81. The number of hydrogen-bond donors (Lipinski definition) is 2. The highest BCUT2D eigenvalue weighted by molar-refractivity contribution is 9.10. The molecule has 2 aromatic rings. The van der Waals surface area contributed by atoms with Crippen molar-refractivity contribution in [3.63, 3.8) is 0 Å². The SMILES string of the molecule is Cc1ccccc1S(=O)(=O)Nc1ccc(Br)c(C(=O)O)c1. The monoisotopic (exact) mass is 369 g/mol. The van der Waals surface area contributed by atoms with Gasteiger partial charge in [0.25, 0.3) is 10.0 Å². The fourth-order valence-corrected chi connectivity index (χ4v) is 3.53. The second-order valence-corrected chi connectivity index (χ2v) is 6.88. The Morgan fingerprint density at radius 1 is 1.19 bits per heavy atom. The molecule has 0 atom stereocenters. The van der Waals surface area contributed by atoms with Gasteiger partial charge in [-0.3, -0.25) is 4.72 Å². The summed E-state index contributed by atoms with van der Waals surface area (Å²) in [7, 11) is -3.76. The second-order valence-electron chi connectivity index (χ2n) is 4.37. The lowest BCUT2D eigenvalue weighted by atomic mass is 10.2. The number of carboxylic acid groups (broad SMARTS) is 1. The third-order valence-corrected chi connectivity index (χ3v) is 5.07. The van der Waals surface area contributed by atoms with E-state index in [1.165, 1.54) is 24.3 Å². The molecule has 5 nitrogen and oxygen atoms in total. The number of nitrogens with one attached hydrogen (secondary N) is 1. The van der Waals surface area contributed by atoms with Gasteiger partial charge in [0, 0.05) is 10.2 Å². The van der Waals surface area contributed by atoms with Crippen LogP contribution in [0.1, 0.15) is 15.9 Å². The van der Waals surface area contributed by atoms with E-state index in [4.69, 9.17) is 5.11 Å². The molecule has 0 aliphatic carbocycles. The lowest BCUT2D eigenvalue weighted by molar-refractivity contribution is 0.0696. The van der Waals surface area contributed by atoms with E-state index in [1.54, 1.807) is 25.1 Å². The fraction of sp³-hybridized carbons (Fsp3) is 0.0714. The van der Waals surface area contributed by atoms with E-state index < -0.39 is 16.0 Å². The highest BCUT2D eigenvalue weighted by Gasteiger charge is 2.17. The largest absolute Gasteiger partial charge is 0.478 e. The molecule has 0 spiro atoms. The van der Waals surface area contributed by atoms with E-state index in [1.807, 2.05) is 0 Å². The summed E-state index contributed by atoms with van der Waals surface area (Å²) < 4.78 is 27.4. The molecule has 0 heterocycles. The highest BCUT2D eigenvalue weighted by Crippen LogP contribution is 2.24. The van der Waals surface area contributed by atoms with Crippen LogP contribution in [0.4, 0.5) is 5.69 Å². The van der Waals surface area contributed by atoms with Gasteiger partial charge >= 0.3 is 5.97 Å². The topological polar surface area (TPSA) is 83.5 Å². The van der Waals surface area contributed by atoms with Crippen molar-refractivity contribution in [2.24, 2.45) is 0 Å². The molecule has 2 aromatic carbocycles. The van der Waals surface area contributed by atoms with Crippen LogP contribution >= 0.6 is 15.9 Å². The quantitative estimate of drug-likeness (QED) is 0.866. The summed E-state index contributed by atoms with van der Waals surface area (Å²) in [6, 6.07) is 10.8. The zero-order chi connectivity index (χ0) is 15.6. The number of carboxylic acids is 1. The van der Waals surface area contributed by atoms with Crippen LogP contribution in [0.3, 0.4) is 0 Å². The number of benzene rings is 2. The molecule has 0 amide bonds. The molecule has 0 fully saturated rings. The molecule has 0 bridgehead atoms. The number of aromatic carboxylic acids is 1. The Bertz CT molecular complexity index is 802. The second kappa shape index (κ2) is 5.87. The molecule has 0 saturated carbocycles. The summed E-state index contributed by atoms with van der Waals surface area (Å²) in [6.45, 7) is 1.69. The Labute approximate surface area is 130 Å². The van der Waals surface area contributed by atoms with Gasteiger partial charge in [0.05, 0.1) is 10.5 Å². The molecule has 0 aliphatic rings. The molecule has 0 radical (unpaired) electrons. The molecule has 2 rings (SSSR count). The van der Waals surface area contributed by atoms with Crippen molar-refractivity contribution in [1.82, 2.24) is 0 Å². The Morgan fingerprint density at radius 2 is 1.86 bits per heavy atom.